The molecule has 0 heterocycles. The second kappa shape index (κ2) is 6.26. The zero-order valence-electron chi connectivity index (χ0n) is 12.0. The SMILES string of the molecule is CC(C)(C)CS(=O)(=O)Nc1ccccc1CCC(=O)O. The fourth-order valence-corrected chi connectivity index (χ4v) is 3.60. The Balaban J connectivity index is 2.89. The molecule has 0 radical (unpaired) electrons. The molecule has 112 valence electrons. The number of aliphatic carboxylic acids is 1. The highest BCUT2D eigenvalue weighted by molar-refractivity contribution is 7.92. The molecule has 0 saturated carbocycles. The van der Waals surface area contributed by atoms with Crippen LogP contribution < -0.4 is 4.72 Å². The summed E-state index contributed by atoms with van der Waals surface area (Å²) in [5.74, 6) is -0.898. The van der Waals surface area contributed by atoms with Gasteiger partial charge in [0.05, 0.1) is 11.4 Å². The lowest BCUT2D eigenvalue weighted by molar-refractivity contribution is -0.136. The number of benzene rings is 1. The van der Waals surface area contributed by atoms with Gasteiger partial charge in [-0.15, -0.1) is 0 Å². The van der Waals surface area contributed by atoms with E-state index in [1.807, 2.05) is 20.8 Å². The number of hydrogen-bond acceptors (Lipinski definition) is 3. The molecule has 0 aliphatic carbocycles. The predicted molar refractivity (Wildman–Crippen MR) is 79.3 cm³/mol. The van der Waals surface area contributed by atoms with Crippen molar-refractivity contribution in [3.63, 3.8) is 0 Å². The number of carbonyl (C=O) groups is 1. The number of hydrogen-bond donors (Lipinski definition) is 2. The van der Waals surface area contributed by atoms with E-state index in [1.165, 1.54) is 0 Å². The summed E-state index contributed by atoms with van der Waals surface area (Å²) < 4.78 is 26.7. The van der Waals surface area contributed by atoms with Crippen LogP contribution in [-0.4, -0.2) is 25.2 Å². The topological polar surface area (TPSA) is 83.5 Å². The van der Waals surface area contributed by atoms with Crippen LogP contribution in [0.1, 0.15) is 32.8 Å². The van der Waals surface area contributed by atoms with Crippen LogP contribution in [0.25, 0.3) is 0 Å². The van der Waals surface area contributed by atoms with Gasteiger partial charge >= 0.3 is 5.97 Å². The van der Waals surface area contributed by atoms with Crippen LogP contribution >= 0.6 is 0 Å². The van der Waals surface area contributed by atoms with Crippen molar-refractivity contribution in [1.29, 1.82) is 0 Å². The highest BCUT2D eigenvalue weighted by Gasteiger charge is 2.22. The van der Waals surface area contributed by atoms with Crippen molar-refractivity contribution in [3.05, 3.63) is 29.8 Å². The van der Waals surface area contributed by atoms with Gasteiger partial charge in [0, 0.05) is 6.42 Å². The maximum atomic E-state index is 12.1. The first kappa shape index (κ1) is 16.5. The van der Waals surface area contributed by atoms with Gasteiger partial charge in [-0.1, -0.05) is 39.0 Å². The Morgan fingerprint density at radius 2 is 1.85 bits per heavy atom. The van der Waals surface area contributed by atoms with Crippen LogP contribution in [0.5, 0.6) is 0 Å². The third-order valence-corrected chi connectivity index (χ3v) is 4.29. The molecule has 0 spiro atoms. The summed E-state index contributed by atoms with van der Waals surface area (Å²) in [5, 5.41) is 8.71. The van der Waals surface area contributed by atoms with E-state index in [4.69, 9.17) is 5.11 Å². The van der Waals surface area contributed by atoms with Gasteiger partial charge in [0.25, 0.3) is 0 Å². The molecule has 20 heavy (non-hydrogen) atoms. The predicted octanol–water partition coefficient (Wildman–Crippen LogP) is 2.49. The molecule has 0 saturated heterocycles. The molecule has 0 aliphatic rings. The molecular weight excluding hydrogens is 278 g/mol. The number of anilines is 1. The fraction of sp³-hybridized carbons (Fsp3) is 0.500. The first-order valence-electron chi connectivity index (χ1n) is 6.39. The molecule has 2 N–H and O–H groups in total. The molecule has 0 atom stereocenters. The van der Waals surface area contributed by atoms with E-state index in [9.17, 15) is 13.2 Å². The van der Waals surface area contributed by atoms with E-state index in [0.29, 0.717) is 17.7 Å². The van der Waals surface area contributed by atoms with Crippen LogP contribution in [0, 0.1) is 5.41 Å². The first-order valence-corrected chi connectivity index (χ1v) is 8.04. The van der Waals surface area contributed by atoms with Gasteiger partial charge in [-0.3, -0.25) is 9.52 Å². The third-order valence-electron chi connectivity index (χ3n) is 2.51. The zero-order valence-corrected chi connectivity index (χ0v) is 12.8. The van der Waals surface area contributed by atoms with E-state index in [2.05, 4.69) is 4.72 Å². The fourth-order valence-electron chi connectivity index (χ4n) is 1.85. The summed E-state index contributed by atoms with van der Waals surface area (Å²) in [6, 6.07) is 6.87. The van der Waals surface area contributed by atoms with Gasteiger partial charge in [0.15, 0.2) is 0 Å². The average molecular weight is 299 g/mol. The van der Waals surface area contributed by atoms with Crippen LogP contribution in [0.3, 0.4) is 0 Å². The quantitative estimate of drug-likeness (QED) is 0.845. The van der Waals surface area contributed by atoms with Crippen LogP contribution in [-0.2, 0) is 21.2 Å². The Bertz CT molecular complexity index is 573. The Morgan fingerprint density at radius 3 is 2.40 bits per heavy atom. The van der Waals surface area contributed by atoms with Crippen molar-refractivity contribution in [2.45, 2.75) is 33.6 Å². The van der Waals surface area contributed by atoms with Crippen molar-refractivity contribution in [2.75, 3.05) is 10.5 Å². The van der Waals surface area contributed by atoms with Crippen LogP contribution in [0.2, 0.25) is 0 Å². The second-order valence-corrected chi connectivity index (χ2v) is 7.69. The number of sulfonamides is 1. The molecule has 0 fully saturated rings. The second-order valence-electron chi connectivity index (χ2n) is 5.97. The monoisotopic (exact) mass is 299 g/mol. The van der Waals surface area contributed by atoms with Crippen molar-refractivity contribution >= 4 is 21.7 Å². The number of rotatable bonds is 6. The minimum absolute atomic E-state index is 0.00721. The zero-order chi connectivity index (χ0) is 15.4. The van der Waals surface area contributed by atoms with Gasteiger partial charge in [0.2, 0.25) is 10.0 Å². The number of carboxylic acids is 1. The van der Waals surface area contributed by atoms with Gasteiger partial charge < -0.3 is 5.11 Å². The van der Waals surface area contributed by atoms with Crippen molar-refractivity contribution in [2.24, 2.45) is 5.41 Å². The molecular formula is C14H21NO4S. The van der Waals surface area contributed by atoms with Crippen LogP contribution in [0.15, 0.2) is 24.3 Å². The number of para-hydroxylation sites is 1. The minimum Gasteiger partial charge on any atom is -0.481 e. The molecule has 6 heteroatoms. The lowest BCUT2D eigenvalue weighted by Gasteiger charge is -2.19. The smallest absolute Gasteiger partial charge is 0.303 e. The normalized spacial score (nSPS) is 12.2. The Hall–Kier alpha value is -1.56. The Morgan fingerprint density at radius 1 is 1.25 bits per heavy atom. The molecule has 0 bridgehead atoms. The standard InChI is InChI=1S/C14H21NO4S/c1-14(2,3)10-20(18,19)15-12-7-5-4-6-11(12)8-9-13(16)17/h4-7,15H,8-10H2,1-3H3,(H,16,17). The highest BCUT2D eigenvalue weighted by Crippen LogP contribution is 2.22. The average Bonchev–Trinajstić information content (AvgIpc) is 2.23. The van der Waals surface area contributed by atoms with Crippen LogP contribution in [0.4, 0.5) is 5.69 Å². The molecule has 0 aliphatic heterocycles. The van der Waals surface area contributed by atoms with Crippen molar-refractivity contribution in [3.8, 4) is 0 Å². The van der Waals surface area contributed by atoms with E-state index in [1.54, 1.807) is 24.3 Å². The van der Waals surface area contributed by atoms with Gasteiger partial charge in [-0.25, -0.2) is 8.42 Å². The summed E-state index contributed by atoms with van der Waals surface area (Å²) in [7, 11) is -3.45. The highest BCUT2D eigenvalue weighted by atomic mass is 32.2. The lowest BCUT2D eigenvalue weighted by Crippen LogP contribution is -2.26. The van der Waals surface area contributed by atoms with Crippen molar-refractivity contribution < 1.29 is 18.3 Å². The maximum Gasteiger partial charge on any atom is 0.303 e. The molecule has 1 rings (SSSR count). The summed E-state index contributed by atoms with van der Waals surface area (Å²) in [6.07, 6.45) is 0.265. The summed E-state index contributed by atoms with van der Waals surface area (Å²) in [5.41, 5.74) is 0.798. The molecule has 0 amide bonds. The largest absolute Gasteiger partial charge is 0.481 e. The van der Waals surface area contributed by atoms with Gasteiger partial charge in [-0.2, -0.15) is 0 Å². The number of carboxylic acid groups (broad SMARTS) is 1. The summed E-state index contributed by atoms with van der Waals surface area (Å²) in [4.78, 5) is 10.6. The Labute approximate surface area is 120 Å². The molecule has 1 aromatic carbocycles. The van der Waals surface area contributed by atoms with Crippen molar-refractivity contribution in [1.82, 2.24) is 0 Å². The third kappa shape index (κ3) is 6.06. The first-order chi connectivity index (χ1) is 9.09. The number of nitrogens with one attached hydrogen (secondary N) is 1. The van der Waals surface area contributed by atoms with Gasteiger partial charge in [0.1, 0.15) is 0 Å². The Kier molecular flexibility index (Phi) is 5.16. The van der Waals surface area contributed by atoms with E-state index < -0.39 is 16.0 Å². The molecule has 0 unspecified atom stereocenters. The number of aryl methyl sites for hydroxylation is 1. The molecule has 0 aromatic heterocycles. The molecule has 5 nitrogen and oxygen atoms in total. The lowest BCUT2D eigenvalue weighted by atomic mass is 10.0. The maximum absolute atomic E-state index is 12.1. The van der Waals surface area contributed by atoms with Gasteiger partial charge in [-0.05, 0) is 23.5 Å². The van der Waals surface area contributed by atoms with E-state index in [-0.39, 0.29) is 17.6 Å². The van der Waals surface area contributed by atoms with E-state index >= 15 is 0 Å². The molecule has 1 aromatic rings. The summed E-state index contributed by atoms with van der Waals surface area (Å²) in [6.45, 7) is 5.55. The minimum atomic E-state index is -3.45. The summed E-state index contributed by atoms with van der Waals surface area (Å²) >= 11 is 0. The van der Waals surface area contributed by atoms with E-state index in [0.717, 1.165) is 0 Å².